The lowest BCUT2D eigenvalue weighted by Crippen LogP contribution is -2.41. The molecule has 2 rings (SSSR count). The van der Waals surface area contributed by atoms with Crippen LogP contribution in [0.25, 0.3) is 0 Å². The number of hydrogen-bond donors (Lipinski definition) is 1. The Kier molecular flexibility index (Phi) is 4.67. The molecule has 0 saturated carbocycles. The number of carbonyl (C=O) groups excluding carboxylic acids is 2. The first kappa shape index (κ1) is 15.2. The molecule has 21 heavy (non-hydrogen) atoms. The van der Waals surface area contributed by atoms with Gasteiger partial charge in [-0.05, 0) is 31.9 Å². The van der Waals surface area contributed by atoms with Crippen molar-refractivity contribution in [1.29, 1.82) is 0 Å². The van der Waals surface area contributed by atoms with Crippen LogP contribution in [0, 0.1) is 0 Å². The molecule has 0 spiro atoms. The minimum absolute atomic E-state index is 0.291. The van der Waals surface area contributed by atoms with Crippen molar-refractivity contribution in [3.63, 3.8) is 0 Å². The molecule has 0 radical (unpaired) electrons. The molecule has 0 aromatic heterocycles. The zero-order valence-electron chi connectivity index (χ0n) is 12.3. The summed E-state index contributed by atoms with van der Waals surface area (Å²) in [4.78, 5) is 26.2. The van der Waals surface area contributed by atoms with Gasteiger partial charge < -0.3 is 20.1 Å². The van der Waals surface area contributed by atoms with Crippen LogP contribution in [0.1, 0.15) is 30.1 Å². The minimum Gasteiger partial charge on any atom is -0.496 e. The summed E-state index contributed by atoms with van der Waals surface area (Å²) >= 11 is 0. The third-order valence-corrected chi connectivity index (χ3v) is 3.56. The van der Waals surface area contributed by atoms with Gasteiger partial charge in [0.2, 0.25) is 0 Å². The normalized spacial score (nSPS) is 17.6. The highest BCUT2D eigenvalue weighted by atomic mass is 16.5. The zero-order valence-corrected chi connectivity index (χ0v) is 12.3. The van der Waals surface area contributed by atoms with Gasteiger partial charge in [-0.25, -0.2) is 4.79 Å². The molecular weight excluding hydrogens is 272 g/mol. The van der Waals surface area contributed by atoms with E-state index < -0.39 is 6.04 Å². The van der Waals surface area contributed by atoms with Gasteiger partial charge in [-0.15, -0.1) is 0 Å². The molecule has 1 unspecified atom stereocenters. The van der Waals surface area contributed by atoms with Crippen LogP contribution in [0.4, 0.5) is 5.69 Å². The van der Waals surface area contributed by atoms with Gasteiger partial charge in [-0.1, -0.05) is 6.07 Å². The van der Waals surface area contributed by atoms with Gasteiger partial charge in [-0.3, -0.25) is 4.79 Å². The lowest BCUT2D eigenvalue weighted by Gasteiger charge is -2.24. The molecule has 1 fully saturated rings. The maximum atomic E-state index is 12.7. The summed E-state index contributed by atoms with van der Waals surface area (Å²) in [5.41, 5.74) is 6.55. The summed E-state index contributed by atoms with van der Waals surface area (Å²) in [6.07, 6.45) is 1.38. The smallest absolute Gasteiger partial charge is 0.328 e. The molecule has 1 heterocycles. The Morgan fingerprint density at radius 1 is 1.43 bits per heavy atom. The van der Waals surface area contributed by atoms with E-state index in [-0.39, 0.29) is 11.9 Å². The number of hydrogen-bond acceptors (Lipinski definition) is 5. The highest BCUT2D eigenvalue weighted by Gasteiger charge is 2.37. The van der Waals surface area contributed by atoms with E-state index in [2.05, 4.69) is 0 Å². The summed E-state index contributed by atoms with van der Waals surface area (Å²) < 4.78 is 10.2. The molecule has 1 aromatic rings. The Bertz CT molecular complexity index is 544. The first-order valence-electron chi connectivity index (χ1n) is 7.00. The van der Waals surface area contributed by atoms with Crippen molar-refractivity contribution in [3.8, 4) is 5.75 Å². The topological polar surface area (TPSA) is 81.9 Å². The van der Waals surface area contributed by atoms with Crippen LogP contribution in [-0.2, 0) is 9.53 Å². The largest absolute Gasteiger partial charge is 0.496 e. The Balaban J connectivity index is 2.29. The number of ether oxygens (including phenoxy) is 2. The first-order valence-corrected chi connectivity index (χ1v) is 7.00. The van der Waals surface area contributed by atoms with Gasteiger partial charge in [0.15, 0.2) is 0 Å². The fourth-order valence-corrected chi connectivity index (χ4v) is 2.58. The van der Waals surface area contributed by atoms with E-state index in [4.69, 9.17) is 15.2 Å². The van der Waals surface area contributed by atoms with Crippen molar-refractivity contribution in [2.45, 2.75) is 25.8 Å². The van der Waals surface area contributed by atoms with Crippen molar-refractivity contribution in [3.05, 3.63) is 23.8 Å². The van der Waals surface area contributed by atoms with Crippen LogP contribution >= 0.6 is 0 Å². The second kappa shape index (κ2) is 6.47. The maximum absolute atomic E-state index is 12.7. The van der Waals surface area contributed by atoms with E-state index in [1.54, 1.807) is 25.1 Å². The lowest BCUT2D eigenvalue weighted by molar-refractivity contribution is -0.147. The number of anilines is 1. The number of carbonyl (C=O) groups is 2. The van der Waals surface area contributed by atoms with Gasteiger partial charge in [0.05, 0.1) is 13.7 Å². The SMILES string of the molecule is CCOC(=O)C1CCCN1C(=O)c1c(N)cccc1OC. The van der Waals surface area contributed by atoms with E-state index >= 15 is 0 Å². The van der Waals surface area contributed by atoms with Crippen LogP contribution in [-0.4, -0.2) is 43.1 Å². The summed E-state index contributed by atoms with van der Waals surface area (Å²) in [5.74, 6) is -0.244. The molecule has 1 atom stereocenters. The third kappa shape index (κ3) is 2.94. The third-order valence-electron chi connectivity index (χ3n) is 3.56. The summed E-state index contributed by atoms with van der Waals surface area (Å²) in [6, 6.07) is 4.50. The average Bonchev–Trinajstić information content (AvgIpc) is 2.96. The van der Waals surface area contributed by atoms with Crippen LogP contribution in [0.2, 0.25) is 0 Å². The van der Waals surface area contributed by atoms with Crippen molar-refractivity contribution in [2.24, 2.45) is 0 Å². The van der Waals surface area contributed by atoms with Gasteiger partial charge in [0.25, 0.3) is 5.91 Å². The molecule has 1 amide bonds. The van der Waals surface area contributed by atoms with E-state index in [1.165, 1.54) is 12.0 Å². The number of nitrogen functional groups attached to an aromatic ring is 1. The van der Waals surface area contributed by atoms with Gasteiger partial charge in [0, 0.05) is 12.2 Å². The number of rotatable bonds is 4. The fourth-order valence-electron chi connectivity index (χ4n) is 2.58. The molecule has 6 nitrogen and oxygen atoms in total. The predicted molar refractivity (Wildman–Crippen MR) is 78.1 cm³/mol. The molecule has 1 saturated heterocycles. The summed E-state index contributed by atoms with van der Waals surface area (Å²) in [6.45, 7) is 2.56. The number of nitrogens with two attached hydrogens (primary N) is 1. The molecule has 6 heteroatoms. The highest BCUT2D eigenvalue weighted by Crippen LogP contribution is 2.29. The highest BCUT2D eigenvalue weighted by molar-refractivity contribution is 6.03. The number of benzene rings is 1. The second-order valence-electron chi connectivity index (χ2n) is 4.83. The van der Waals surface area contributed by atoms with Gasteiger partial charge in [0.1, 0.15) is 17.4 Å². The second-order valence-corrected chi connectivity index (χ2v) is 4.83. The number of likely N-dealkylation sites (tertiary alicyclic amines) is 1. The van der Waals surface area contributed by atoms with Crippen LogP contribution in [0.15, 0.2) is 18.2 Å². The first-order chi connectivity index (χ1) is 10.1. The van der Waals surface area contributed by atoms with Gasteiger partial charge >= 0.3 is 5.97 Å². The van der Waals surface area contributed by atoms with E-state index in [9.17, 15) is 9.59 Å². The number of nitrogens with zero attached hydrogens (tertiary/aromatic N) is 1. The molecule has 114 valence electrons. The number of esters is 1. The Morgan fingerprint density at radius 2 is 2.19 bits per heavy atom. The number of amides is 1. The summed E-state index contributed by atoms with van der Waals surface area (Å²) in [5, 5.41) is 0. The van der Waals surface area contributed by atoms with Crippen molar-refractivity contribution < 1.29 is 19.1 Å². The van der Waals surface area contributed by atoms with Crippen molar-refractivity contribution in [1.82, 2.24) is 4.90 Å². The van der Waals surface area contributed by atoms with E-state index in [0.29, 0.717) is 36.6 Å². The quantitative estimate of drug-likeness (QED) is 0.671. The number of methoxy groups -OCH3 is 1. The average molecular weight is 292 g/mol. The monoisotopic (exact) mass is 292 g/mol. The van der Waals surface area contributed by atoms with Crippen LogP contribution < -0.4 is 10.5 Å². The molecule has 0 aliphatic carbocycles. The predicted octanol–water partition coefficient (Wildman–Crippen LogP) is 1.45. The molecule has 1 aliphatic rings. The standard InChI is InChI=1S/C15H20N2O4/c1-3-21-15(19)11-7-5-9-17(11)14(18)13-10(16)6-4-8-12(13)20-2/h4,6,8,11H,3,5,7,9,16H2,1-2H3. The van der Waals surface area contributed by atoms with Crippen LogP contribution in [0.3, 0.4) is 0 Å². The maximum Gasteiger partial charge on any atom is 0.328 e. The Morgan fingerprint density at radius 3 is 2.86 bits per heavy atom. The van der Waals surface area contributed by atoms with Gasteiger partial charge in [-0.2, -0.15) is 0 Å². The lowest BCUT2D eigenvalue weighted by atomic mass is 10.1. The molecule has 2 N–H and O–H groups in total. The van der Waals surface area contributed by atoms with E-state index in [1.807, 2.05) is 0 Å². The minimum atomic E-state index is -0.540. The zero-order chi connectivity index (χ0) is 15.4. The Labute approximate surface area is 123 Å². The molecule has 0 bridgehead atoms. The molecule has 1 aromatic carbocycles. The van der Waals surface area contributed by atoms with Crippen LogP contribution in [0.5, 0.6) is 5.75 Å². The molecule has 1 aliphatic heterocycles. The van der Waals surface area contributed by atoms with Crippen molar-refractivity contribution >= 4 is 17.6 Å². The Hall–Kier alpha value is -2.24. The summed E-state index contributed by atoms with van der Waals surface area (Å²) in [7, 11) is 1.48. The fraction of sp³-hybridized carbons (Fsp3) is 0.467. The van der Waals surface area contributed by atoms with E-state index in [0.717, 1.165) is 6.42 Å². The van der Waals surface area contributed by atoms with Crippen molar-refractivity contribution in [2.75, 3.05) is 26.0 Å². The molecular formula is C15H20N2O4.